The predicted octanol–water partition coefficient (Wildman–Crippen LogP) is -2.16. The highest BCUT2D eigenvalue weighted by atomic mass is 32.1. The molecule has 1 aromatic carbocycles. The number of phenolic OH excluding ortho intramolecular Hbond substituents is 1. The summed E-state index contributed by atoms with van der Waals surface area (Å²) in [6, 6.07) is 2.09. The number of thiol groups is 1. The summed E-state index contributed by atoms with van der Waals surface area (Å²) in [6.07, 6.45) is -0.828. The third-order valence-corrected chi connectivity index (χ3v) is 4.37. The Bertz CT molecular complexity index is 817. The monoisotopic (exact) mass is 456 g/mol. The molecule has 3 unspecified atom stereocenters. The summed E-state index contributed by atoms with van der Waals surface area (Å²) in [5.74, 6) is -5.25. The summed E-state index contributed by atoms with van der Waals surface area (Å²) in [5, 5.41) is 33.7. The SMILES string of the molecule is NC(CS)C(=O)NC(Cc1ccc(O)cc1)C(=O)NCC(=O)NC(CC(=O)O)C(=O)O. The number of rotatable bonds is 12. The number of hydrogen-bond acceptors (Lipinski definition) is 8. The molecule has 0 aliphatic heterocycles. The van der Waals surface area contributed by atoms with Crippen molar-refractivity contribution in [2.75, 3.05) is 12.3 Å². The number of aromatic hydroxyl groups is 1. The van der Waals surface area contributed by atoms with Crippen molar-refractivity contribution in [1.82, 2.24) is 16.0 Å². The summed E-state index contributed by atoms with van der Waals surface area (Å²) in [4.78, 5) is 58.2. The number of hydrogen-bond donors (Lipinski definition) is 8. The molecule has 0 aromatic heterocycles. The van der Waals surface area contributed by atoms with E-state index in [-0.39, 0.29) is 17.9 Å². The third kappa shape index (κ3) is 9.35. The van der Waals surface area contributed by atoms with Gasteiger partial charge < -0.3 is 37.0 Å². The van der Waals surface area contributed by atoms with Gasteiger partial charge in [-0.25, -0.2) is 4.79 Å². The normalized spacial score (nSPS) is 13.4. The molecule has 12 nitrogen and oxygen atoms in total. The number of carboxylic acid groups (broad SMARTS) is 2. The van der Waals surface area contributed by atoms with Gasteiger partial charge in [-0.2, -0.15) is 12.6 Å². The van der Waals surface area contributed by atoms with Crippen molar-refractivity contribution in [1.29, 1.82) is 0 Å². The van der Waals surface area contributed by atoms with Gasteiger partial charge in [0.05, 0.1) is 19.0 Å². The standard InChI is InChI=1S/C18H24N4O8S/c19-11(8-31)16(27)22-12(5-9-1-3-10(23)4-2-9)17(28)20-7-14(24)21-13(18(29)30)6-15(25)26/h1-4,11-13,23,31H,5-8,19H2,(H,20,28)(H,21,24)(H,22,27)(H,25,26)(H,29,30). The fourth-order valence-electron chi connectivity index (χ4n) is 2.35. The van der Waals surface area contributed by atoms with Crippen molar-refractivity contribution in [2.45, 2.75) is 31.0 Å². The van der Waals surface area contributed by atoms with Crippen LogP contribution < -0.4 is 21.7 Å². The topological polar surface area (TPSA) is 208 Å². The Morgan fingerprint density at radius 3 is 2.10 bits per heavy atom. The van der Waals surface area contributed by atoms with E-state index in [1.807, 2.05) is 5.32 Å². The molecular weight excluding hydrogens is 432 g/mol. The first-order chi connectivity index (χ1) is 14.5. The van der Waals surface area contributed by atoms with E-state index >= 15 is 0 Å². The van der Waals surface area contributed by atoms with E-state index in [4.69, 9.17) is 15.9 Å². The fraction of sp³-hybridized carbons (Fsp3) is 0.389. The Morgan fingerprint density at radius 2 is 1.58 bits per heavy atom. The van der Waals surface area contributed by atoms with E-state index < -0.39 is 60.8 Å². The Hall–Kier alpha value is -3.32. The maximum atomic E-state index is 12.5. The molecule has 31 heavy (non-hydrogen) atoms. The molecule has 0 saturated carbocycles. The zero-order chi connectivity index (χ0) is 23.6. The van der Waals surface area contributed by atoms with E-state index in [0.717, 1.165) is 0 Å². The first-order valence-electron chi connectivity index (χ1n) is 8.99. The lowest BCUT2D eigenvalue weighted by Gasteiger charge is -2.20. The van der Waals surface area contributed by atoms with Crippen molar-refractivity contribution >= 4 is 42.3 Å². The lowest BCUT2D eigenvalue weighted by Crippen LogP contribution is -2.54. The highest BCUT2D eigenvalue weighted by Gasteiger charge is 2.26. The number of aliphatic carboxylic acids is 2. The molecule has 0 radical (unpaired) electrons. The molecule has 1 rings (SSSR count). The maximum Gasteiger partial charge on any atom is 0.326 e. The van der Waals surface area contributed by atoms with Gasteiger partial charge in [-0.3, -0.25) is 19.2 Å². The average molecular weight is 456 g/mol. The molecule has 0 heterocycles. The van der Waals surface area contributed by atoms with Crippen LogP contribution in [0.2, 0.25) is 0 Å². The van der Waals surface area contributed by atoms with Crippen molar-refractivity contribution in [3.05, 3.63) is 29.8 Å². The summed E-state index contributed by atoms with van der Waals surface area (Å²) >= 11 is 3.92. The van der Waals surface area contributed by atoms with Crippen LogP contribution in [0.1, 0.15) is 12.0 Å². The second-order valence-electron chi connectivity index (χ2n) is 6.49. The van der Waals surface area contributed by atoms with Crippen LogP contribution in [0.4, 0.5) is 0 Å². The molecule has 0 bridgehead atoms. The highest BCUT2D eigenvalue weighted by molar-refractivity contribution is 7.80. The zero-order valence-electron chi connectivity index (χ0n) is 16.3. The van der Waals surface area contributed by atoms with Crippen LogP contribution in [0.25, 0.3) is 0 Å². The maximum absolute atomic E-state index is 12.5. The molecule has 0 saturated heterocycles. The summed E-state index contributed by atoms with van der Waals surface area (Å²) in [7, 11) is 0. The summed E-state index contributed by atoms with van der Waals surface area (Å²) in [6.45, 7) is -0.650. The van der Waals surface area contributed by atoms with Crippen molar-refractivity contribution in [2.24, 2.45) is 5.73 Å². The molecule has 0 fully saturated rings. The van der Waals surface area contributed by atoms with E-state index in [1.54, 1.807) is 0 Å². The molecule has 170 valence electrons. The smallest absolute Gasteiger partial charge is 0.326 e. The minimum atomic E-state index is -1.66. The molecule has 3 atom stereocenters. The number of nitrogens with one attached hydrogen (secondary N) is 3. The quantitative estimate of drug-likeness (QED) is 0.161. The number of amides is 3. The molecular formula is C18H24N4O8S. The number of phenols is 1. The van der Waals surface area contributed by atoms with Gasteiger partial charge in [0.25, 0.3) is 0 Å². The van der Waals surface area contributed by atoms with Crippen LogP contribution in [0, 0.1) is 0 Å². The van der Waals surface area contributed by atoms with Crippen molar-refractivity contribution in [3.8, 4) is 5.75 Å². The Labute approximate surface area is 182 Å². The predicted molar refractivity (Wildman–Crippen MR) is 110 cm³/mol. The van der Waals surface area contributed by atoms with Gasteiger partial charge in [0, 0.05) is 12.2 Å². The zero-order valence-corrected chi connectivity index (χ0v) is 17.2. The minimum absolute atomic E-state index is 0.00945. The van der Waals surface area contributed by atoms with Gasteiger partial charge >= 0.3 is 11.9 Å². The van der Waals surface area contributed by atoms with E-state index in [1.165, 1.54) is 24.3 Å². The van der Waals surface area contributed by atoms with Gasteiger partial charge in [0.2, 0.25) is 17.7 Å². The summed E-state index contributed by atoms with van der Waals surface area (Å²) in [5.41, 5.74) is 6.19. The highest BCUT2D eigenvalue weighted by Crippen LogP contribution is 2.11. The van der Waals surface area contributed by atoms with Crippen molar-refractivity contribution < 1.29 is 39.3 Å². The molecule has 1 aromatic rings. The van der Waals surface area contributed by atoms with Crippen LogP contribution in [0.15, 0.2) is 24.3 Å². The van der Waals surface area contributed by atoms with E-state index in [2.05, 4.69) is 23.3 Å². The van der Waals surface area contributed by atoms with Gasteiger partial charge in [-0.05, 0) is 17.7 Å². The van der Waals surface area contributed by atoms with E-state index in [0.29, 0.717) is 5.56 Å². The fourth-order valence-corrected chi connectivity index (χ4v) is 2.52. The number of nitrogens with two attached hydrogens (primary N) is 1. The molecule has 0 aliphatic carbocycles. The van der Waals surface area contributed by atoms with Crippen LogP contribution in [0.5, 0.6) is 5.75 Å². The number of benzene rings is 1. The van der Waals surface area contributed by atoms with Crippen LogP contribution in [-0.4, -0.2) is 75.4 Å². The van der Waals surface area contributed by atoms with Crippen LogP contribution in [0.3, 0.4) is 0 Å². The van der Waals surface area contributed by atoms with Gasteiger partial charge in [0.15, 0.2) is 0 Å². The second-order valence-corrected chi connectivity index (χ2v) is 6.86. The molecule has 13 heteroatoms. The molecule has 0 spiro atoms. The lowest BCUT2D eigenvalue weighted by atomic mass is 10.0. The lowest BCUT2D eigenvalue weighted by molar-refractivity contribution is -0.147. The molecule has 3 amide bonds. The van der Waals surface area contributed by atoms with Crippen molar-refractivity contribution in [3.63, 3.8) is 0 Å². The van der Waals surface area contributed by atoms with Crippen LogP contribution in [-0.2, 0) is 30.4 Å². The van der Waals surface area contributed by atoms with Gasteiger partial charge in [-0.1, -0.05) is 12.1 Å². The Kier molecular flexibility index (Phi) is 10.3. The van der Waals surface area contributed by atoms with E-state index in [9.17, 15) is 29.1 Å². The first kappa shape index (κ1) is 25.7. The number of carboxylic acids is 2. The van der Waals surface area contributed by atoms with Gasteiger partial charge in [-0.15, -0.1) is 0 Å². The Balaban J connectivity index is 2.80. The minimum Gasteiger partial charge on any atom is -0.508 e. The Morgan fingerprint density at radius 1 is 0.968 bits per heavy atom. The van der Waals surface area contributed by atoms with Crippen LogP contribution >= 0.6 is 12.6 Å². The third-order valence-electron chi connectivity index (χ3n) is 3.98. The largest absolute Gasteiger partial charge is 0.508 e. The number of carbonyl (C=O) groups excluding carboxylic acids is 3. The molecule has 8 N–H and O–H groups in total. The first-order valence-corrected chi connectivity index (χ1v) is 9.63. The summed E-state index contributed by atoms with van der Waals surface area (Å²) < 4.78 is 0. The average Bonchev–Trinajstić information content (AvgIpc) is 2.71. The second kappa shape index (κ2) is 12.4. The number of carbonyl (C=O) groups is 5. The van der Waals surface area contributed by atoms with Gasteiger partial charge in [0.1, 0.15) is 17.8 Å². The molecule has 0 aliphatic rings.